The molecule has 0 aromatic heterocycles. The molecule has 0 aliphatic carbocycles. The van der Waals surface area contributed by atoms with Crippen LogP contribution in [0.4, 0.5) is 5.69 Å². The first-order valence-corrected chi connectivity index (χ1v) is 7.74. The number of benzene rings is 1. The van der Waals surface area contributed by atoms with Crippen molar-refractivity contribution < 1.29 is 18.0 Å². The van der Waals surface area contributed by atoms with Crippen molar-refractivity contribution >= 4 is 27.5 Å². The molecule has 1 rings (SSSR count). The fourth-order valence-corrected chi connectivity index (χ4v) is 2.47. The smallest absolute Gasteiger partial charge is 0.242 e. The molecule has 8 heteroatoms. The maximum Gasteiger partial charge on any atom is 0.242 e. The Hall–Kier alpha value is -1.93. The highest BCUT2D eigenvalue weighted by Gasteiger charge is 2.17. The highest BCUT2D eigenvalue weighted by atomic mass is 32.2. The summed E-state index contributed by atoms with van der Waals surface area (Å²) in [5.74, 6) is -0.509. The topological polar surface area (TPSA) is 95.6 Å². The van der Waals surface area contributed by atoms with E-state index in [-0.39, 0.29) is 29.7 Å². The summed E-state index contributed by atoms with van der Waals surface area (Å²) in [4.78, 5) is 22.5. The molecule has 1 aromatic rings. The van der Waals surface area contributed by atoms with Crippen molar-refractivity contribution in [2.75, 3.05) is 26.0 Å². The number of sulfonamides is 1. The fourth-order valence-electron chi connectivity index (χ4n) is 1.52. The predicted molar refractivity (Wildman–Crippen MR) is 79.2 cm³/mol. The summed E-state index contributed by atoms with van der Waals surface area (Å²) in [5.41, 5.74) is 0.394. The average Bonchev–Trinajstić information content (AvgIpc) is 2.38. The van der Waals surface area contributed by atoms with Crippen molar-refractivity contribution in [2.24, 2.45) is 0 Å². The molecule has 0 bridgehead atoms. The highest BCUT2D eigenvalue weighted by molar-refractivity contribution is 7.89. The summed E-state index contributed by atoms with van der Waals surface area (Å²) in [5, 5.41) is 5.10. The Balaban J connectivity index is 2.73. The second kappa shape index (κ2) is 7.19. The minimum Gasteiger partial charge on any atom is -0.356 e. The number of carbonyl (C=O) groups is 2. The van der Waals surface area contributed by atoms with Crippen LogP contribution in [0.3, 0.4) is 0 Å². The van der Waals surface area contributed by atoms with E-state index >= 15 is 0 Å². The average molecular weight is 313 g/mol. The van der Waals surface area contributed by atoms with Gasteiger partial charge in [0.1, 0.15) is 0 Å². The maximum atomic E-state index is 12.0. The fraction of sp³-hybridized carbons (Fsp3) is 0.385. The van der Waals surface area contributed by atoms with Gasteiger partial charge in [0.15, 0.2) is 0 Å². The third-order valence-electron chi connectivity index (χ3n) is 2.62. The molecule has 0 spiro atoms. The van der Waals surface area contributed by atoms with Gasteiger partial charge in [0.25, 0.3) is 0 Å². The van der Waals surface area contributed by atoms with Crippen molar-refractivity contribution in [3.63, 3.8) is 0 Å². The Bertz CT molecular complexity index is 626. The molecule has 0 saturated carbocycles. The van der Waals surface area contributed by atoms with Crippen molar-refractivity contribution in [3.05, 3.63) is 24.3 Å². The summed E-state index contributed by atoms with van der Waals surface area (Å²) in [6.07, 6.45) is 0.115. The van der Waals surface area contributed by atoms with Crippen LogP contribution in [0.1, 0.15) is 13.3 Å². The number of carbonyl (C=O) groups excluding carboxylic acids is 2. The number of nitrogens with zero attached hydrogens (tertiary/aromatic N) is 1. The van der Waals surface area contributed by atoms with Gasteiger partial charge in [0, 0.05) is 39.7 Å². The molecule has 0 unspecified atom stereocenters. The minimum absolute atomic E-state index is 0.104. The molecule has 0 atom stereocenters. The zero-order chi connectivity index (χ0) is 16.0. The molecule has 1 aromatic carbocycles. The Labute approximate surface area is 124 Å². The SMILES string of the molecule is CC(=O)NCCC(=O)Nc1cccc(S(=O)(=O)N(C)C)c1. The lowest BCUT2D eigenvalue weighted by atomic mass is 10.3. The van der Waals surface area contributed by atoms with Crippen LogP contribution in [0.5, 0.6) is 0 Å². The van der Waals surface area contributed by atoms with Gasteiger partial charge in [-0.3, -0.25) is 9.59 Å². The molecule has 2 N–H and O–H groups in total. The molecule has 0 radical (unpaired) electrons. The van der Waals surface area contributed by atoms with Crippen LogP contribution in [-0.2, 0) is 19.6 Å². The minimum atomic E-state index is -3.54. The zero-order valence-corrected chi connectivity index (χ0v) is 13.0. The first-order valence-electron chi connectivity index (χ1n) is 6.30. The molecule has 0 fully saturated rings. The number of hydrogen-bond donors (Lipinski definition) is 2. The molecule has 116 valence electrons. The van der Waals surface area contributed by atoms with Gasteiger partial charge in [0.2, 0.25) is 21.8 Å². The molecular weight excluding hydrogens is 294 g/mol. The molecule has 0 aliphatic rings. The Kier molecular flexibility index (Phi) is 5.86. The monoisotopic (exact) mass is 313 g/mol. The van der Waals surface area contributed by atoms with Gasteiger partial charge < -0.3 is 10.6 Å². The van der Waals surface area contributed by atoms with Crippen LogP contribution in [0.15, 0.2) is 29.2 Å². The van der Waals surface area contributed by atoms with Gasteiger partial charge in [-0.1, -0.05) is 6.07 Å². The second-order valence-electron chi connectivity index (χ2n) is 4.60. The van der Waals surface area contributed by atoms with E-state index in [1.165, 1.54) is 33.2 Å². The summed E-state index contributed by atoms with van der Waals surface area (Å²) in [6, 6.07) is 6.01. The van der Waals surface area contributed by atoms with Gasteiger partial charge in [-0.15, -0.1) is 0 Å². The molecule has 2 amide bonds. The number of amides is 2. The summed E-state index contributed by atoms with van der Waals surface area (Å²) in [6.45, 7) is 1.60. The molecule has 21 heavy (non-hydrogen) atoms. The predicted octanol–water partition coefficient (Wildman–Crippen LogP) is 0.402. The molecule has 0 heterocycles. The van der Waals surface area contributed by atoms with Crippen molar-refractivity contribution in [2.45, 2.75) is 18.2 Å². The van der Waals surface area contributed by atoms with Crippen LogP contribution in [0.25, 0.3) is 0 Å². The second-order valence-corrected chi connectivity index (χ2v) is 6.75. The molecular formula is C13H19N3O4S. The van der Waals surface area contributed by atoms with Crippen molar-refractivity contribution in [1.29, 1.82) is 0 Å². The van der Waals surface area contributed by atoms with Crippen LogP contribution in [0, 0.1) is 0 Å². The van der Waals surface area contributed by atoms with Crippen molar-refractivity contribution in [3.8, 4) is 0 Å². The highest BCUT2D eigenvalue weighted by Crippen LogP contribution is 2.17. The van der Waals surface area contributed by atoms with Crippen LogP contribution in [-0.4, -0.2) is 45.2 Å². The quantitative estimate of drug-likeness (QED) is 0.794. The standard InChI is InChI=1S/C13H19N3O4S/c1-10(17)14-8-7-13(18)15-11-5-4-6-12(9-11)21(19,20)16(2)3/h4-6,9H,7-8H2,1-3H3,(H,14,17)(H,15,18). The van der Waals surface area contributed by atoms with E-state index in [0.717, 1.165) is 4.31 Å². The Morgan fingerprint density at radius 3 is 2.48 bits per heavy atom. The lowest BCUT2D eigenvalue weighted by Crippen LogP contribution is -2.25. The summed E-state index contributed by atoms with van der Waals surface area (Å²) in [7, 11) is -0.661. The van der Waals surface area contributed by atoms with Crippen molar-refractivity contribution in [1.82, 2.24) is 9.62 Å². The largest absolute Gasteiger partial charge is 0.356 e. The normalized spacial score (nSPS) is 11.2. The number of rotatable bonds is 6. The van der Waals surface area contributed by atoms with E-state index in [4.69, 9.17) is 0 Å². The lowest BCUT2D eigenvalue weighted by Gasteiger charge is -2.12. The van der Waals surface area contributed by atoms with E-state index in [2.05, 4.69) is 10.6 Å². The first kappa shape index (κ1) is 17.1. The van der Waals surface area contributed by atoms with Gasteiger partial charge in [-0.05, 0) is 18.2 Å². The first-order chi connectivity index (χ1) is 9.73. The third-order valence-corrected chi connectivity index (χ3v) is 4.43. The molecule has 0 aliphatic heterocycles. The van der Waals surface area contributed by atoms with Crippen LogP contribution >= 0.6 is 0 Å². The van der Waals surface area contributed by atoms with E-state index in [0.29, 0.717) is 5.69 Å². The van der Waals surface area contributed by atoms with Crippen LogP contribution in [0.2, 0.25) is 0 Å². The van der Waals surface area contributed by atoms with E-state index in [1.54, 1.807) is 12.1 Å². The van der Waals surface area contributed by atoms with Gasteiger partial charge in [-0.2, -0.15) is 0 Å². The maximum absolute atomic E-state index is 12.0. The van der Waals surface area contributed by atoms with E-state index < -0.39 is 10.0 Å². The lowest BCUT2D eigenvalue weighted by molar-refractivity contribution is -0.119. The zero-order valence-electron chi connectivity index (χ0n) is 12.2. The number of anilines is 1. The Morgan fingerprint density at radius 2 is 1.90 bits per heavy atom. The van der Waals surface area contributed by atoms with Crippen LogP contribution < -0.4 is 10.6 Å². The Morgan fingerprint density at radius 1 is 1.24 bits per heavy atom. The number of nitrogens with one attached hydrogen (secondary N) is 2. The summed E-state index contributed by atoms with van der Waals surface area (Å²) >= 11 is 0. The molecule has 7 nitrogen and oxygen atoms in total. The summed E-state index contributed by atoms with van der Waals surface area (Å²) < 4.78 is 25.1. The van der Waals surface area contributed by atoms with Gasteiger partial charge >= 0.3 is 0 Å². The van der Waals surface area contributed by atoms with Gasteiger partial charge in [0.05, 0.1) is 4.90 Å². The number of hydrogen-bond acceptors (Lipinski definition) is 4. The van der Waals surface area contributed by atoms with E-state index in [1.807, 2.05) is 0 Å². The molecule has 0 saturated heterocycles. The third kappa shape index (κ3) is 5.16. The van der Waals surface area contributed by atoms with Gasteiger partial charge in [-0.25, -0.2) is 12.7 Å². The van der Waals surface area contributed by atoms with E-state index in [9.17, 15) is 18.0 Å².